The van der Waals surface area contributed by atoms with Gasteiger partial charge in [0.25, 0.3) is 8.32 Å². The molecule has 1 saturated heterocycles. The summed E-state index contributed by atoms with van der Waals surface area (Å²) >= 11 is 0. The molecule has 7 heteroatoms. The molecule has 4 aromatic rings. The van der Waals surface area contributed by atoms with E-state index in [2.05, 4.69) is 45.0 Å². The fraction of sp³-hybridized carbons (Fsp3) is 0.333. The Balaban J connectivity index is 1.41. The maximum atomic E-state index is 16.5. The molecule has 0 radical (unpaired) electrons. The van der Waals surface area contributed by atoms with Crippen LogP contribution in [-0.2, 0) is 31.9 Å². The van der Waals surface area contributed by atoms with Crippen LogP contribution in [0.15, 0.2) is 121 Å². The van der Waals surface area contributed by atoms with Gasteiger partial charge in [-0.25, -0.2) is 4.39 Å². The van der Waals surface area contributed by atoms with E-state index in [9.17, 15) is 5.11 Å². The van der Waals surface area contributed by atoms with Gasteiger partial charge in [-0.2, -0.15) is 0 Å². The van der Waals surface area contributed by atoms with Crippen LogP contribution in [0.5, 0.6) is 0 Å². The highest BCUT2D eigenvalue weighted by Gasteiger charge is 2.53. The number of alkyl halides is 1. The van der Waals surface area contributed by atoms with Gasteiger partial charge >= 0.3 is 0 Å². The van der Waals surface area contributed by atoms with E-state index in [1.54, 1.807) is 0 Å². The van der Waals surface area contributed by atoms with Gasteiger partial charge in [0.15, 0.2) is 12.5 Å². The molecule has 43 heavy (non-hydrogen) atoms. The summed E-state index contributed by atoms with van der Waals surface area (Å²) in [4.78, 5) is 0. The topological polar surface area (TPSA) is 57.2 Å². The van der Waals surface area contributed by atoms with Crippen molar-refractivity contribution >= 4 is 18.7 Å². The molecule has 0 aromatic heterocycles. The van der Waals surface area contributed by atoms with Gasteiger partial charge in [-0.15, -0.1) is 0 Å². The summed E-state index contributed by atoms with van der Waals surface area (Å²) in [6.07, 6.45) is -6.16. The summed E-state index contributed by atoms with van der Waals surface area (Å²) < 4.78 is 41.7. The van der Waals surface area contributed by atoms with Crippen molar-refractivity contribution in [3.8, 4) is 0 Å². The first-order valence-corrected chi connectivity index (χ1v) is 16.7. The Kier molecular flexibility index (Phi) is 10.2. The van der Waals surface area contributed by atoms with E-state index in [-0.39, 0.29) is 24.9 Å². The summed E-state index contributed by atoms with van der Waals surface area (Å²) in [6, 6.07) is 39.5. The smallest absolute Gasteiger partial charge is 0.261 e. The second-order valence-electron chi connectivity index (χ2n) is 12.0. The van der Waals surface area contributed by atoms with Gasteiger partial charge in [-0.05, 0) is 26.5 Å². The van der Waals surface area contributed by atoms with Crippen LogP contribution in [0.25, 0.3) is 0 Å². The summed E-state index contributed by atoms with van der Waals surface area (Å²) in [6.45, 7) is 6.81. The second-order valence-corrected chi connectivity index (χ2v) is 16.3. The minimum absolute atomic E-state index is 0.0535. The predicted molar refractivity (Wildman–Crippen MR) is 169 cm³/mol. The van der Waals surface area contributed by atoms with Crippen LogP contribution in [0.2, 0.25) is 5.04 Å². The number of ether oxygens (including phenoxy) is 3. The molecule has 0 bridgehead atoms. The second kappa shape index (κ2) is 14.1. The molecule has 1 aliphatic rings. The molecule has 0 saturated carbocycles. The summed E-state index contributed by atoms with van der Waals surface area (Å²) in [5.41, 5.74) is 1.81. The standard InChI is InChI=1S/C36H41FO5Si/c1-36(2,3)43(29-20-12-6-13-21-29,30-22-14-7-15-23-30)41-26-31-32(37)33(39-24-27-16-8-4-9-17-27)34(35(38)42-31)40-25-28-18-10-5-11-19-28/h4-23,31-35,38H,24-26H2,1-3H3/t31-,32-,33+,34-,35?/m1/s1. The molecule has 1 N–H and O–H groups in total. The van der Waals surface area contributed by atoms with Crippen LogP contribution in [0.4, 0.5) is 4.39 Å². The van der Waals surface area contributed by atoms with Crippen molar-refractivity contribution in [3.63, 3.8) is 0 Å². The van der Waals surface area contributed by atoms with Gasteiger partial charge in [-0.3, -0.25) is 0 Å². The quantitative estimate of drug-likeness (QED) is 0.221. The minimum Gasteiger partial charge on any atom is -0.405 e. The molecule has 1 fully saturated rings. The lowest BCUT2D eigenvalue weighted by Crippen LogP contribution is -2.68. The molecule has 5 nitrogen and oxygen atoms in total. The van der Waals surface area contributed by atoms with E-state index >= 15 is 4.39 Å². The molecule has 1 unspecified atom stereocenters. The van der Waals surface area contributed by atoms with E-state index < -0.39 is 39.1 Å². The maximum Gasteiger partial charge on any atom is 0.261 e. The number of rotatable bonds is 11. The SMILES string of the molecule is CC(C)(C)[Si](OC[C@H]1OC(O)[C@H](OCc2ccccc2)[C@@H](OCc2ccccc2)[C@@H]1F)(c1ccccc1)c1ccccc1. The van der Waals surface area contributed by atoms with Crippen molar-refractivity contribution in [2.75, 3.05) is 6.61 Å². The predicted octanol–water partition coefficient (Wildman–Crippen LogP) is 5.79. The molecular weight excluding hydrogens is 559 g/mol. The number of halogens is 1. The Morgan fingerprint density at radius 1 is 0.674 bits per heavy atom. The van der Waals surface area contributed by atoms with E-state index in [0.29, 0.717) is 0 Å². The number of aliphatic hydroxyl groups excluding tert-OH is 1. The normalized spacial score (nSPS) is 22.8. The van der Waals surface area contributed by atoms with Crippen molar-refractivity contribution < 1.29 is 28.1 Å². The van der Waals surface area contributed by atoms with Crippen LogP contribution in [0.1, 0.15) is 31.9 Å². The molecule has 5 rings (SSSR count). The Morgan fingerprint density at radius 3 is 1.53 bits per heavy atom. The van der Waals surface area contributed by atoms with Gasteiger partial charge < -0.3 is 23.7 Å². The zero-order chi connectivity index (χ0) is 30.3. The third-order valence-electron chi connectivity index (χ3n) is 8.04. The first-order chi connectivity index (χ1) is 20.8. The third-order valence-corrected chi connectivity index (χ3v) is 13.0. The molecule has 0 spiro atoms. The highest BCUT2D eigenvalue weighted by molar-refractivity contribution is 6.99. The van der Waals surface area contributed by atoms with Crippen LogP contribution in [-0.4, -0.2) is 50.8 Å². The maximum absolute atomic E-state index is 16.5. The fourth-order valence-electron chi connectivity index (χ4n) is 5.88. The summed E-state index contributed by atoms with van der Waals surface area (Å²) in [5, 5.41) is 13.1. The lowest BCUT2D eigenvalue weighted by molar-refractivity contribution is -0.296. The number of hydrogen-bond donors (Lipinski definition) is 1. The van der Waals surface area contributed by atoms with E-state index in [4.69, 9.17) is 18.6 Å². The van der Waals surface area contributed by atoms with E-state index in [1.807, 2.05) is 97.1 Å². The Bertz CT molecular complexity index is 1350. The summed E-state index contributed by atoms with van der Waals surface area (Å²) in [5.74, 6) is 0. The van der Waals surface area contributed by atoms with Crippen molar-refractivity contribution in [2.24, 2.45) is 0 Å². The number of benzene rings is 4. The zero-order valence-electron chi connectivity index (χ0n) is 25.0. The Morgan fingerprint density at radius 2 is 1.09 bits per heavy atom. The van der Waals surface area contributed by atoms with E-state index in [1.165, 1.54) is 0 Å². The first-order valence-electron chi connectivity index (χ1n) is 14.8. The van der Waals surface area contributed by atoms with Gasteiger partial charge in [0.2, 0.25) is 0 Å². The lowest BCUT2D eigenvalue weighted by Gasteiger charge is -2.46. The van der Waals surface area contributed by atoms with Crippen molar-refractivity contribution in [1.82, 2.24) is 0 Å². The monoisotopic (exact) mass is 600 g/mol. The summed E-state index contributed by atoms with van der Waals surface area (Å²) in [7, 11) is -2.95. The fourth-order valence-corrected chi connectivity index (χ4v) is 10.5. The highest BCUT2D eigenvalue weighted by atomic mass is 28.4. The van der Waals surface area contributed by atoms with Gasteiger partial charge in [0, 0.05) is 0 Å². The lowest BCUT2D eigenvalue weighted by atomic mass is 10.00. The average molecular weight is 601 g/mol. The Labute approximate surface area is 255 Å². The molecule has 1 heterocycles. The largest absolute Gasteiger partial charge is 0.405 e. The number of hydrogen-bond acceptors (Lipinski definition) is 5. The van der Waals surface area contributed by atoms with Gasteiger partial charge in [-0.1, -0.05) is 142 Å². The third kappa shape index (κ3) is 7.15. The van der Waals surface area contributed by atoms with E-state index in [0.717, 1.165) is 21.5 Å². The van der Waals surface area contributed by atoms with Crippen LogP contribution in [0, 0.1) is 0 Å². The molecule has 226 valence electrons. The molecule has 0 aliphatic carbocycles. The van der Waals surface area contributed by atoms with Crippen molar-refractivity contribution in [1.29, 1.82) is 0 Å². The average Bonchev–Trinajstić information content (AvgIpc) is 3.03. The molecule has 5 atom stereocenters. The van der Waals surface area contributed by atoms with Gasteiger partial charge in [0.1, 0.15) is 18.3 Å². The zero-order valence-corrected chi connectivity index (χ0v) is 26.0. The Hall–Kier alpha value is -3.17. The van der Waals surface area contributed by atoms with Gasteiger partial charge in [0.05, 0.1) is 19.8 Å². The molecular formula is C36H41FO5Si. The van der Waals surface area contributed by atoms with Crippen molar-refractivity contribution in [2.45, 2.75) is 69.8 Å². The first kappa shape index (κ1) is 31.3. The van der Waals surface area contributed by atoms with Crippen LogP contribution >= 0.6 is 0 Å². The number of aliphatic hydroxyl groups is 1. The van der Waals surface area contributed by atoms with Crippen LogP contribution in [0.3, 0.4) is 0 Å². The molecule has 0 amide bonds. The highest BCUT2D eigenvalue weighted by Crippen LogP contribution is 2.38. The minimum atomic E-state index is -2.95. The molecule has 1 aliphatic heterocycles. The van der Waals surface area contributed by atoms with Crippen LogP contribution < -0.4 is 10.4 Å². The van der Waals surface area contributed by atoms with Crippen molar-refractivity contribution in [3.05, 3.63) is 132 Å². The molecule has 4 aromatic carbocycles.